The quantitative estimate of drug-likeness (QED) is 0.166. The van der Waals surface area contributed by atoms with Crippen molar-refractivity contribution in [2.45, 2.75) is 139 Å². The molecular weight excluding hydrogens is 460 g/mol. The van der Waals surface area contributed by atoms with Gasteiger partial charge in [-0.05, 0) is 124 Å². The highest BCUT2D eigenvalue weighted by molar-refractivity contribution is 5.66. The van der Waals surface area contributed by atoms with E-state index in [9.17, 15) is 9.59 Å². The zero-order valence-electron chi connectivity index (χ0n) is 25.3. The minimum Gasteiger partial charge on any atom is -0.466 e. The van der Waals surface area contributed by atoms with E-state index in [-0.39, 0.29) is 18.0 Å². The monoisotopic (exact) mass is 516 g/mol. The maximum atomic E-state index is 11.5. The van der Waals surface area contributed by atoms with Crippen LogP contribution < -0.4 is 0 Å². The minimum absolute atomic E-state index is 0.00436. The Morgan fingerprint density at radius 2 is 1.73 bits per heavy atom. The summed E-state index contributed by atoms with van der Waals surface area (Å²) in [6.07, 6.45) is 14.7. The van der Waals surface area contributed by atoms with Crippen molar-refractivity contribution in [2.75, 3.05) is 6.61 Å². The van der Waals surface area contributed by atoms with Crippen LogP contribution in [0.15, 0.2) is 11.1 Å². The molecule has 3 saturated carbocycles. The van der Waals surface area contributed by atoms with E-state index >= 15 is 0 Å². The van der Waals surface area contributed by atoms with Crippen LogP contribution in [0.1, 0.15) is 132 Å². The van der Waals surface area contributed by atoms with E-state index in [1.807, 2.05) is 5.57 Å². The van der Waals surface area contributed by atoms with Crippen LogP contribution in [-0.4, -0.2) is 24.6 Å². The van der Waals surface area contributed by atoms with Gasteiger partial charge in [0.25, 0.3) is 0 Å². The second-order valence-corrected chi connectivity index (χ2v) is 13.6. The summed E-state index contributed by atoms with van der Waals surface area (Å²) in [4.78, 5) is 22.6. The third-order valence-corrected chi connectivity index (χ3v) is 11.1. The van der Waals surface area contributed by atoms with Crippen molar-refractivity contribution in [3.63, 3.8) is 0 Å². The van der Waals surface area contributed by atoms with Crippen LogP contribution in [0.5, 0.6) is 0 Å². The van der Waals surface area contributed by atoms with Crippen LogP contribution in [-0.2, 0) is 19.1 Å². The molecule has 0 aliphatic heterocycles. The highest BCUT2D eigenvalue weighted by Gasteiger charge is 2.58. The average Bonchev–Trinajstić information content (AvgIpc) is 2.82. The van der Waals surface area contributed by atoms with Crippen LogP contribution in [0, 0.1) is 40.4 Å². The molecule has 0 aromatic heterocycles. The number of ether oxygens (including phenoxy) is 2. The van der Waals surface area contributed by atoms with Crippen molar-refractivity contribution < 1.29 is 19.1 Å². The maximum absolute atomic E-state index is 11.5. The van der Waals surface area contributed by atoms with Crippen LogP contribution in [0.4, 0.5) is 0 Å². The molecule has 4 heteroatoms. The SMILES string of the molecule is CC(=O)OCCCC/C(=C1\CCCC2C1CCC1C(C)(CCC(C)OC(C)=O)C(C)CCC21C)C(C)C. The second-order valence-electron chi connectivity index (χ2n) is 13.6. The molecule has 0 saturated heterocycles. The molecule has 7 unspecified atom stereocenters. The summed E-state index contributed by atoms with van der Waals surface area (Å²) >= 11 is 0. The number of fused-ring (bicyclic) bond motifs is 3. The Morgan fingerprint density at radius 3 is 2.38 bits per heavy atom. The van der Waals surface area contributed by atoms with E-state index in [4.69, 9.17) is 9.47 Å². The van der Waals surface area contributed by atoms with Crippen molar-refractivity contribution in [3.05, 3.63) is 11.1 Å². The molecule has 0 radical (unpaired) electrons. The smallest absolute Gasteiger partial charge is 0.302 e. The second kappa shape index (κ2) is 12.7. The summed E-state index contributed by atoms with van der Waals surface area (Å²) in [7, 11) is 0. The average molecular weight is 517 g/mol. The van der Waals surface area contributed by atoms with Gasteiger partial charge in [0.05, 0.1) is 12.7 Å². The van der Waals surface area contributed by atoms with E-state index in [0.717, 1.165) is 49.9 Å². The molecule has 0 heterocycles. The molecule has 37 heavy (non-hydrogen) atoms. The van der Waals surface area contributed by atoms with E-state index in [1.165, 1.54) is 58.8 Å². The molecular formula is C33H56O4. The molecule has 0 aromatic rings. The van der Waals surface area contributed by atoms with Crippen LogP contribution in [0.25, 0.3) is 0 Å². The van der Waals surface area contributed by atoms with Gasteiger partial charge in [-0.25, -0.2) is 0 Å². The highest BCUT2D eigenvalue weighted by atomic mass is 16.5. The number of hydrogen-bond donors (Lipinski definition) is 0. The predicted molar refractivity (Wildman–Crippen MR) is 151 cm³/mol. The first-order chi connectivity index (χ1) is 17.4. The van der Waals surface area contributed by atoms with E-state index in [0.29, 0.717) is 29.3 Å². The molecule has 0 aromatic carbocycles. The molecule has 212 valence electrons. The lowest BCUT2D eigenvalue weighted by Gasteiger charge is -2.64. The topological polar surface area (TPSA) is 52.6 Å². The number of unbranched alkanes of at least 4 members (excludes halogenated alkanes) is 1. The first kappa shape index (κ1) is 30.2. The highest BCUT2D eigenvalue weighted by Crippen LogP contribution is 2.67. The molecule has 0 amide bonds. The number of carbonyl (C=O) groups excluding carboxylic acids is 2. The molecule has 3 rings (SSSR count). The summed E-state index contributed by atoms with van der Waals surface area (Å²) in [6.45, 7) is 18.1. The number of esters is 2. The van der Waals surface area contributed by atoms with E-state index < -0.39 is 0 Å². The lowest BCUT2D eigenvalue weighted by molar-refractivity contribution is -0.149. The van der Waals surface area contributed by atoms with Crippen LogP contribution in [0.3, 0.4) is 0 Å². The fourth-order valence-corrected chi connectivity index (χ4v) is 9.01. The molecule has 3 aliphatic carbocycles. The van der Waals surface area contributed by atoms with Gasteiger partial charge in [-0.1, -0.05) is 45.8 Å². The lowest BCUT2D eigenvalue weighted by Crippen LogP contribution is -2.56. The molecule has 0 bridgehead atoms. The van der Waals surface area contributed by atoms with Gasteiger partial charge in [0.15, 0.2) is 0 Å². The zero-order chi connectivity index (χ0) is 27.4. The Kier molecular flexibility index (Phi) is 10.4. The van der Waals surface area contributed by atoms with Gasteiger partial charge in [-0.3, -0.25) is 9.59 Å². The molecule has 0 spiro atoms. The van der Waals surface area contributed by atoms with Gasteiger partial charge < -0.3 is 9.47 Å². The molecule has 4 nitrogen and oxygen atoms in total. The number of rotatable bonds is 10. The van der Waals surface area contributed by atoms with E-state index in [2.05, 4.69) is 41.5 Å². The Bertz CT molecular complexity index is 828. The normalized spacial score (nSPS) is 35.8. The van der Waals surface area contributed by atoms with Crippen LogP contribution in [0.2, 0.25) is 0 Å². The Labute approximate surface area is 227 Å². The van der Waals surface area contributed by atoms with Crippen LogP contribution >= 0.6 is 0 Å². The Balaban J connectivity index is 1.79. The van der Waals surface area contributed by atoms with Gasteiger partial charge in [-0.2, -0.15) is 0 Å². The first-order valence-corrected chi connectivity index (χ1v) is 15.4. The van der Waals surface area contributed by atoms with Gasteiger partial charge in [0, 0.05) is 13.8 Å². The van der Waals surface area contributed by atoms with Crippen molar-refractivity contribution in [1.29, 1.82) is 0 Å². The Morgan fingerprint density at radius 1 is 1.00 bits per heavy atom. The fourth-order valence-electron chi connectivity index (χ4n) is 9.01. The third-order valence-electron chi connectivity index (χ3n) is 11.1. The minimum atomic E-state index is -0.169. The summed E-state index contributed by atoms with van der Waals surface area (Å²) in [5, 5.41) is 0. The molecule has 3 fully saturated rings. The largest absolute Gasteiger partial charge is 0.466 e. The van der Waals surface area contributed by atoms with Gasteiger partial charge in [0.1, 0.15) is 0 Å². The summed E-state index contributed by atoms with van der Waals surface area (Å²) in [5.41, 5.74) is 4.23. The van der Waals surface area contributed by atoms with Crippen molar-refractivity contribution in [3.8, 4) is 0 Å². The first-order valence-electron chi connectivity index (χ1n) is 15.4. The van der Waals surface area contributed by atoms with Gasteiger partial charge in [-0.15, -0.1) is 0 Å². The third kappa shape index (κ3) is 6.82. The number of carbonyl (C=O) groups is 2. The van der Waals surface area contributed by atoms with Crippen molar-refractivity contribution >= 4 is 11.9 Å². The van der Waals surface area contributed by atoms with Gasteiger partial charge >= 0.3 is 11.9 Å². The zero-order valence-corrected chi connectivity index (χ0v) is 25.3. The van der Waals surface area contributed by atoms with E-state index in [1.54, 1.807) is 5.57 Å². The fraction of sp³-hybridized carbons (Fsp3) is 0.879. The standard InChI is InChI=1S/C33H56O4/c1-22(2)27(12-9-10-21-36-25(5)34)28-13-11-14-30-29(28)15-16-31-32(7,20-18-24(4)37-26(6)35)23(3)17-19-33(30,31)8/h22-24,29-31H,9-21H2,1-8H3/b28-27-. The summed E-state index contributed by atoms with van der Waals surface area (Å²) in [5.74, 6) is 3.27. The lowest BCUT2D eigenvalue weighted by atomic mass is 9.41. The van der Waals surface area contributed by atoms with Gasteiger partial charge in [0.2, 0.25) is 0 Å². The predicted octanol–water partition coefficient (Wildman–Crippen LogP) is 8.67. The van der Waals surface area contributed by atoms with Crippen molar-refractivity contribution in [1.82, 2.24) is 0 Å². The summed E-state index contributed by atoms with van der Waals surface area (Å²) < 4.78 is 10.7. The van der Waals surface area contributed by atoms with Crippen molar-refractivity contribution in [2.24, 2.45) is 40.4 Å². The Hall–Kier alpha value is -1.32. The summed E-state index contributed by atoms with van der Waals surface area (Å²) in [6, 6.07) is 0. The molecule has 3 aliphatic rings. The maximum Gasteiger partial charge on any atom is 0.302 e. The molecule has 0 N–H and O–H groups in total. The molecule has 7 atom stereocenters. The number of allylic oxidation sites excluding steroid dienone is 2. The number of hydrogen-bond acceptors (Lipinski definition) is 4.